The van der Waals surface area contributed by atoms with Gasteiger partial charge in [-0.2, -0.15) is 0 Å². The van der Waals surface area contributed by atoms with Crippen molar-refractivity contribution in [1.29, 1.82) is 0 Å². The fourth-order valence-corrected chi connectivity index (χ4v) is 2.77. The fraction of sp³-hybridized carbons (Fsp3) is 1.00. The first kappa shape index (κ1) is 15.0. The zero-order valence-electron chi connectivity index (χ0n) is 11.8. The van der Waals surface area contributed by atoms with Crippen LogP contribution in [-0.2, 0) is 4.74 Å². The second-order valence-corrected chi connectivity index (χ2v) is 5.45. The summed E-state index contributed by atoms with van der Waals surface area (Å²) in [5.41, 5.74) is 0. The minimum atomic E-state index is 0.575. The summed E-state index contributed by atoms with van der Waals surface area (Å²) < 4.78 is 6.01. The van der Waals surface area contributed by atoms with Crippen molar-refractivity contribution in [3.05, 3.63) is 0 Å². The molecule has 0 bridgehead atoms. The third kappa shape index (κ3) is 7.05. The highest BCUT2D eigenvalue weighted by Gasteiger charge is 2.20. The monoisotopic (exact) mass is 241 g/mol. The van der Waals surface area contributed by atoms with Crippen LogP contribution in [0.3, 0.4) is 0 Å². The van der Waals surface area contributed by atoms with E-state index in [2.05, 4.69) is 12.2 Å². The highest BCUT2D eigenvalue weighted by molar-refractivity contribution is 4.72. The Bertz CT molecular complexity index is 172. The molecule has 1 aliphatic carbocycles. The van der Waals surface area contributed by atoms with Crippen LogP contribution in [0.25, 0.3) is 0 Å². The molecule has 0 radical (unpaired) electrons. The van der Waals surface area contributed by atoms with Crippen molar-refractivity contribution in [2.45, 2.75) is 70.8 Å². The molecule has 102 valence electrons. The first-order chi connectivity index (χ1) is 8.36. The minimum absolute atomic E-state index is 0.575. The zero-order valence-corrected chi connectivity index (χ0v) is 11.8. The molecule has 1 fully saturated rings. The number of nitrogens with one attached hydrogen (secondary N) is 1. The minimum Gasteiger partial charge on any atom is -0.378 e. The van der Waals surface area contributed by atoms with E-state index in [9.17, 15) is 0 Å². The predicted molar refractivity (Wildman–Crippen MR) is 74.4 cm³/mol. The third-order valence-corrected chi connectivity index (χ3v) is 3.99. The molecule has 2 unspecified atom stereocenters. The molecule has 0 aromatic rings. The molecule has 2 nitrogen and oxygen atoms in total. The Labute approximate surface area is 108 Å². The highest BCUT2D eigenvalue weighted by atomic mass is 16.5. The molecule has 17 heavy (non-hydrogen) atoms. The Hall–Kier alpha value is -0.0800. The summed E-state index contributed by atoms with van der Waals surface area (Å²) in [7, 11) is 2.02. The van der Waals surface area contributed by atoms with Gasteiger partial charge in [-0.05, 0) is 45.2 Å². The largest absolute Gasteiger partial charge is 0.378 e. The molecule has 1 rings (SSSR count). The number of unbranched alkanes of at least 4 members (excludes halogenated alkanes) is 3. The van der Waals surface area contributed by atoms with Crippen LogP contribution in [-0.4, -0.2) is 26.3 Å². The Balaban J connectivity index is 1.91. The molecule has 1 N–H and O–H groups in total. The molecule has 0 aromatic heterocycles. The van der Waals surface area contributed by atoms with Gasteiger partial charge in [0.25, 0.3) is 0 Å². The Morgan fingerprint density at radius 1 is 1.12 bits per heavy atom. The second kappa shape index (κ2) is 9.90. The van der Waals surface area contributed by atoms with Crippen molar-refractivity contribution in [2.75, 3.05) is 20.2 Å². The molecular weight excluding hydrogens is 210 g/mol. The summed E-state index contributed by atoms with van der Waals surface area (Å²) in [4.78, 5) is 0. The van der Waals surface area contributed by atoms with Gasteiger partial charge in [-0.15, -0.1) is 0 Å². The number of rotatable bonds is 9. The smallest absolute Gasteiger partial charge is 0.0577 e. The van der Waals surface area contributed by atoms with Gasteiger partial charge in [-0.3, -0.25) is 0 Å². The summed E-state index contributed by atoms with van der Waals surface area (Å²) in [6.45, 7) is 4.46. The van der Waals surface area contributed by atoms with Crippen LogP contribution in [0.2, 0.25) is 0 Å². The zero-order chi connectivity index (χ0) is 12.3. The summed E-state index contributed by atoms with van der Waals surface area (Å²) in [5.74, 6) is 0.935. The average Bonchev–Trinajstić information content (AvgIpc) is 2.38. The maximum Gasteiger partial charge on any atom is 0.0577 e. The van der Waals surface area contributed by atoms with Crippen LogP contribution in [0, 0.1) is 5.92 Å². The van der Waals surface area contributed by atoms with Gasteiger partial charge in [0.1, 0.15) is 0 Å². The van der Waals surface area contributed by atoms with Crippen LogP contribution in [0.1, 0.15) is 64.7 Å². The summed E-state index contributed by atoms with van der Waals surface area (Å²) in [6.07, 6.45) is 12.6. The first-order valence-corrected chi connectivity index (χ1v) is 7.63. The van der Waals surface area contributed by atoms with Gasteiger partial charge in [0, 0.05) is 6.61 Å². The van der Waals surface area contributed by atoms with Gasteiger partial charge < -0.3 is 10.1 Å². The lowest BCUT2D eigenvalue weighted by molar-refractivity contribution is 0.0107. The van der Waals surface area contributed by atoms with Crippen LogP contribution in [0.5, 0.6) is 0 Å². The Morgan fingerprint density at radius 3 is 2.71 bits per heavy atom. The van der Waals surface area contributed by atoms with Crippen LogP contribution < -0.4 is 5.32 Å². The van der Waals surface area contributed by atoms with Crippen LogP contribution >= 0.6 is 0 Å². The second-order valence-electron chi connectivity index (χ2n) is 5.45. The molecule has 0 aliphatic heterocycles. The van der Waals surface area contributed by atoms with Gasteiger partial charge >= 0.3 is 0 Å². The summed E-state index contributed by atoms with van der Waals surface area (Å²) in [5, 5.41) is 3.19. The van der Waals surface area contributed by atoms with E-state index in [0.717, 1.165) is 19.1 Å². The lowest BCUT2D eigenvalue weighted by Gasteiger charge is -2.28. The van der Waals surface area contributed by atoms with E-state index in [-0.39, 0.29) is 0 Å². The summed E-state index contributed by atoms with van der Waals surface area (Å²) in [6, 6.07) is 0. The van der Waals surface area contributed by atoms with Gasteiger partial charge in [0.15, 0.2) is 0 Å². The number of hydrogen-bond donors (Lipinski definition) is 1. The van der Waals surface area contributed by atoms with E-state index in [1.165, 1.54) is 57.8 Å². The van der Waals surface area contributed by atoms with Crippen molar-refractivity contribution in [3.8, 4) is 0 Å². The van der Waals surface area contributed by atoms with Crippen LogP contribution in [0.4, 0.5) is 0 Å². The molecule has 0 spiro atoms. The summed E-state index contributed by atoms with van der Waals surface area (Å²) >= 11 is 0. The number of hydrogen-bond acceptors (Lipinski definition) is 2. The predicted octanol–water partition coefficient (Wildman–Crippen LogP) is 3.75. The van der Waals surface area contributed by atoms with Crippen molar-refractivity contribution in [2.24, 2.45) is 5.92 Å². The molecule has 1 saturated carbocycles. The van der Waals surface area contributed by atoms with E-state index >= 15 is 0 Å². The molecule has 0 amide bonds. The van der Waals surface area contributed by atoms with E-state index in [1.54, 1.807) is 0 Å². The molecule has 1 aliphatic rings. The van der Waals surface area contributed by atoms with Gasteiger partial charge in [-0.25, -0.2) is 0 Å². The molecule has 0 heterocycles. The van der Waals surface area contributed by atoms with Gasteiger partial charge in [0.2, 0.25) is 0 Å². The van der Waals surface area contributed by atoms with Crippen molar-refractivity contribution in [3.63, 3.8) is 0 Å². The van der Waals surface area contributed by atoms with E-state index in [0.29, 0.717) is 6.10 Å². The normalized spacial score (nSPS) is 25.1. The van der Waals surface area contributed by atoms with Crippen molar-refractivity contribution < 1.29 is 4.74 Å². The molecule has 0 aromatic carbocycles. The molecule has 2 heteroatoms. The molecular formula is C15H31NO. The average molecular weight is 241 g/mol. The van der Waals surface area contributed by atoms with Crippen molar-refractivity contribution >= 4 is 0 Å². The lowest BCUT2D eigenvalue weighted by Crippen LogP contribution is -2.23. The standard InChI is InChI=1S/C15H31NO/c1-3-14-9-8-10-15(13-14)17-12-7-5-4-6-11-16-2/h14-16H,3-13H2,1-2H3. The topological polar surface area (TPSA) is 21.3 Å². The first-order valence-electron chi connectivity index (χ1n) is 7.63. The van der Waals surface area contributed by atoms with E-state index in [4.69, 9.17) is 4.74 Å². The third-order valence-electron chi connectivity index (χ3n) is 3.99. The van der Waals surface area contributed by atoms with Crippen molar-refractivity contribution in [1.82, 2.24) is 5.32 Å². The number of ether oxygens (including phenoxy) is 1. The highest BCUT2D eigenvalue weighted by Crippen LogP contribution is 2.28. The quantitative estimate of drug-likeness (QED) is 0.621. The Kier molecular flexibility index (Phi) is 8.72. The van der Waals surface area contributed by atoms with Gasteiger partial charge in [0.05, 0.1) is 6.10 Å². The SMILES string of the molecule is CCC1CCCC(OCCCCCCNC)C1. The van der Waals surface area contributed by atoms with E-state index < -0.39 is 0 Å². The Morgan fingerprint density at radius 2 is 1.94 bits per heavy atom. The lowest BCUT2D eigenvalue weighted by atomic mass is 9.85. The molecule has 0 saturated heterocycles. The van der Waals surface area contributed by atoms with Gasteiger partial charge in [-0.1, -0.05) is 39.0 Å². The van der Waals surface area contributed by atoms with Crippen LogP contribution in [0.15, 0.2) is 0 Å². The molecule has 2 atom stereocenters. The fourth-order valence-electron chi connectivity index (χ4n) is 2.77. The van der Waals surface area contributed by atoms with E-state index in [1.807, 2.05) is 7.05 Å². The maximum atomic E-state index is 6.01. The maximum absolute atomic E-state index is 6.01.